The highest BCUT2D eigenvalue weighted by Crippen LogP contribution is 2.38. The van der Waals surface area contributed by atoms with Crippen molar-refractivity contribution < 1.29 is 17.6 Å². The van der Waals surface area contributed by atoms with Crippen molar-refractivity contribution in [2.45, 2.75) is 6.18 Å². The number of nitrogens with zero attached hydrogens (tertiary/aromatic N) is 1. The van der Waals surface area contributed by atoms with Crippen LogP contribution >= 0.6 is 0 Å². The first-order chi connectivity index (χ1) is 8.38. The van der Waals surface area contributed by atoms with Crippen molar-refractivity contribution in [1.29, 1.82) is 0 Å². The number of hydrogen-bond donors (Lipinski definition) is 1. The van der Waals surface area contributed by atoms with E-state index in [4.69, 9.17) is 5.73 Å². The highest BCUT2D eigenvalue weighted by Gasteiger charge is 2.33. The summed E-state index contributed by atoms with van der Waals surface area (Å²) in [5.41, 5.74) is 4.34. The Morgan fingerprint density at radius 1 is 1.06 bits per heavy atom. The van der Waals surface area contributed by atoms with Gasteiger partial charge in [-0.05, 0) is 23.8 Å². The predicted octanol–water partition coefficient (Wildman–Crippen LogP) is 3.49. The summed E-state index contributed by atoms with van der Waals surface area (Å²) in [6, 6.07) is 4.35. The maximum absolute atomic E-state index is 13.0. The summed E-state index contributed by atoms with van der Waals surface area (Å²) in [6.07, 6.45) is -2.46. The molecule has 1 heterocycles. The Hall–Kier alpha value is -2.11. The number of nitrogens with two attached hydrogens (primary N) is 1. The van der Waals surface area contributed by atoms with Crippen LogP contribution in [0, 0.1) is 5.82 Å². The Labute approximate surface area is 100 Å². The monoisotopic (exact) mass is 256 g/mol. The van der Waals surface area contributed by atoms with Crippen LogP contribution in [-0.4, -0.2) is 4.98 Å². The van der Waals surface area contributed by atoms with Gasteiger partial charge >= 0.3 is 6.18 Å². The van der Waals surface area contributed by atoms with Gasteiger partial charge in [-0.2, -0.15) is 13.2 Å². The molecule has 2 aromatic rings. The van der Waals surface area contributed by atoms with E-state index in [1.165, 1.54) is 18.3 Å². The van der Waals surface area contributed by atoms with E-state index in [0.717, 1.165) is 18.3 Å². The van der Waals surface area contributed by atoms with Crippen LogP contribution in [0.3, 0.4) is 0 Å². The molecule has 18 heavy (non-hydrogen) atoms. The number of pyridine rings is 1. The fraction of sp³-hybridized carbons (Fsp3) is 0.0833. The zero-order valence-corrected chi connectivity index (χ0v) is 9.00. The van der Waals surface area contributed by atoms with Crippen LogP contribution in [0.4, 0.5) is 23.2 Å². The number of aromatic nitrogens is 1. The molecular formula is C12H8F4N2. The second-order valence-electron chi connectivity index (χ2n) is 3.69. The van der Waals surface area contributed by atoms with E-state index >= 15 is 0 Å². The van der Waals surface area contributed by atoms with Crippen LogP contribution in [0.2, 0.25) is 0 Å². The minimum atomic E-state index is -4.56. The van der Waals surface area contributed by atoms with Gasteiger partial charge in [0.1, 0.15) is 5.82 Å². The van der Waals surface area contributed by atoms with E-state index in [1.54, 1.807) is 0 Å². The molecule has 0 bridgehead atoms. The van der Waals surface area contributed by atoms with Gasteiger partial charge in [0.2, 0.25) is 0 Å². The number of anilines is 1. The fourth-order valence-electron chi connectivity index (χ4n) is 1.61. The molecular weight excluding hydrogens is 248 g/mol. The largest absolute Gasteiger partial charge is 0.417 e. The number of nitrogen functional groups attached to an aromatic ring is 1. The van der Waals surface area contributed by atoms with E-state index in [-0.39, 0.29) is 16.8 Å². The quantitative estimate of drug-likeness (QED) is 0.626. The van der Waals surface area contributed by atoms with E-state index in [0.29, 0.717) is 0 Å². The number of benzene rings is 1. The van der Waals surface area contributed by atoms with Gasteiger partial charge in [0, 0.05) is 17.4 Å². The second-order valence-corrected chi connectivity index (χ2v) is 3.69. The van der Waals surface area contributed by atoms with Gasteiger partial charge < -0.3 is 5.73 Å². The Bertz CT molecular complexity index is 579. The molecule has 0 amide bonds. The van der Waals surface area contributed by atoms with E-state index in [1.807, 2.05) is 0 Å². The Morgan fingerprint density at radius 3 is 2.39 bits per heavy atom. The number of rotatable bonds is 1. The van der Waals surface area contributed by atoms with Crippen molar-refractivity contribution in [3.63, 3.8) is 0 Å². The van der Waals surface area contributed by atoms with Crippen LogP contribution in [0.15, 0.2) is 36.7 Å². The average molecular weight is 256 g/mol. The predicted molar refractivity (Wildman–Crippen MR) is 59.0 cm³/mol. The molecule has 0 fully saturated rings. The van der Waals surface area contributed by atoms with E-state index in [9.17, 15) is 17.6 Å². The Kier molecular flexibility index (Phi) is 2.94. The van der Waals surface area contributed by atoms with Crippen LogP contribution in [0.1, 0.15) is 5.56 Å². The molecule has 0 radical (unpaired) electrons. The van der Waals surface area contributed by atoms with Gasteiger partial charge in [-0.15, -0.1) is 0 Å². The normalized spacial score (nSPS) is 11.6. The van der Waals surface area contributed by atoms with Gasteiger partial charge in [-0.3, -0.25) is 4.98 Å². The van der Waals surface area contributed by atoms with Crippen molar-refractivity contribution >= 4 is 5.69 Å². The fourth-order valence-corrected chi connectivity index (χ4v) is 1.61. The molecule has 0 atom stereocenters. The molecule has 2 N–H and O–H groups in total. The molecule has 2 nitrogen and oxygen atoms in total. The molecule has 2 rings (SSSR count). The minimum absolute atomic E-state index is 0.00422. The summed E-state index contributed by atoms with van der Waals surface area (Å²) in [7, 11) is 0. The second kappa shape index (κ2) is 4.29. The molecule has 1 aromatic carbocycles. The number of alkyl halides is 3. The summed E-state index contributed by atoms with van der Waals surface area (Å²) in [4.78, 5) is 3.53. The summed E-state index contributed by atoms with van der Waals surface area (Å²) in [5.74, 6) is -0.697. The first kappa shape index (κ1) is 12.3. The zero-order chi connectivity index (χ0) is 13.3. The van der Waals surface area contributed by atoms with Crippen molar-refractivity contribution in [3.8, 4) is 11.1 Å². The Balaban J connectivity index is 2.64. The standard InChI is InChI=1S/C12H8F4N2/c13-8-3-7(5-18-6-8)10-2-1-9(17)4-11(10)12(14,15)16/h1-6H,17H2. The number of hydrogen-bond acceptors (Lipinski definition) is 2. The molecule has 6 heteroatoms. The average Bonchev–Trinajstić information content (AvgIpc) is 2.27. The summed E-state index contributed by atoms with van der Waals surface area (Å²) in [6.45, 7) is 0. The molecule has 1 aromatic heterocycles. The molecule has 94 valence electrons. The maximum Gasteiger partial charge on any atom is 0.417 e. The SMILES string of the molecule is Nc1ccc(-c2cncc(F)c2)c(C(F)(F)F)c1. The van der Waals surface area contributed by atoms with Crippen LogP contribution < -0.4 is 5.73 Å². The zero-order valence-electron chi connectivity index (χ0n) is 9.00. The van der Waals surface area contributed by atoms with Gasteiger partial charge in [-0.1, -0.05) is 6.07 Å². The third kappa shape index (κ3) is 2.42. The van der Waals surface area contributed by atoms with Crippen molar-refractivity contribution in [3.05, 3.63) is 48.0 Å². The molecule has 0 spiro atoms. The lowest BCUT2D eigenvalue weighted by Crippen LogP contribution is -2.08. The Morgan fingerprint density at radius 2 is 1.78 bits per heavy atom. The van der Waals surface area contributed by atoms with E-state index in [2.05, 4.69) is 4.98 Å². The van der Waals surface area contributed by atoms with Crippen LogP contribution in [0.5, 0.6) is 0 Å². The van der Waals surface area contributed by atoms with Crippen molar-refractivity contribution in [2.75, 3.05) is 5.73 Å². The lowest BCUT2D eigenvalue weighted by atomic mass is 10.00. The van der Waals surface area contributed by atoms with Crippen molar-refractivity contribution in [2.24, 2.45) is 0 Å². The smallest absolute Gasteiger partial charge is 0.399 e. The topological polar surface area (TPSA) is 38.9 Å². The number of halogens is 4. The molecule has 0 saturated heterocycles. The molecule has 0 aliphatic rings. The summed E-state index contributed by atoms with van der Waals surface area (Å²) >= 11 is 0. The van der Waals surface area contributed by atoms with Gasteiger partial charge in [0.15, 0.2) is 0 Å². The first-order valence-electron chi connectivity index (χ1n) is 4.95. The summed E-state index contributed by atoms with van der Waals surface area (Å²) in [5, 5.41) is 0. The molecule has 0 unspecified atom stereocenters. The lowest BCUT2D eigenvalue weighted by molar-refractivity contribution is -0.137. The van der Waals surface area contributed by atoms with Gasteiger partial charge in [-0.25, -0.2) is 4.39 Å². The van der Waals surface area contributed by atoms with E-state index < -0.39 is 17.6 Å². The third-order valence-electron chi connectivity index (χ3n) is 2.36. The van der Waals surface area contributed by atoms with Gasteiger partial charge in [0.05, 0.1) is 11.8 Å². The van der Waals surface area contributed by atoms with Gasteiger partial charge in [0.25, 0.3) is 0 Å². The molecule has 0 aliphatic carbocycles. The highest BCUT2D eigenvalue weighted by molar-refractivity contribution is 5.69. The maximum atomic E-state index is 13.0. The first-order valence-corrected chi connectivity index (χ1v) is 4.95. The van der Waals surface area contributed by atoms with Crippen molar-refractivity contribution in [1.82, 2.24) is 4.98 Å². The summed E-state index contributed by atoms with van der Waals surface area (Å²) < 4.78 is 51.5. The molecule has 0 aliphatic heterocycles. The lowest BCUT2D eigenvalue weighted by Gasteiger charge is -2.13. The third-order valence-corrected chi connectivity index (χ3v) is 2.36. The highest BCUT2D eigenvalue weighted by atomic mass is 19.4. The molecule has 0 saturated carbocycles. The van der Waals surface area contributed by atoms with Crippen LogP contribution in [-0.2, 0) is 6.18 Å². The van der Waals surface area contributed by atoms with Crippen LogP contribution in [0.25, 0.3) is 11.1 Å². The minimum Gasteiger partial charge on any atom is -0.399 e.